The molecule has 0 saturated carbocycles. The first-order chi connectivity index (χ1) is 11.2. The van der Waals surface area contributed by atoms with Crippen molar-refractivity contribution in [3.63, 3.8) is 0 Å². The second kappa shape index (κ2) is 5.21. The third-order valence-electron chi connectivity index (χ3n) is 3.87. The van der Waals surface area contributed by atoms with Crippen molar-refractivity contribution in [2.24, 2.45) is 0 Å². The predicted octanol–water partition coefficient (Wildman–Crippen LogP) is 3.58. The Bertz CT molecular complexity index is 989. The topological polar surface area (TPSA) is 80.5 Å². The van der Waals surface area contributed by atoms with Crippen molar-refractivity contribution < 1.29 is 0 Å². The molecule has 5 nitrogen and oxygen atoms in total. The highest BCUT2D eigenvalue weighted by Crippen LogP contribution is 2.31. The zero-order chi connectivity index (χ0) is 15.8. The lowest BCUT2D eigenvalue weighted by Crippen LogP contribution is -1.98. The minimum Gasteiger partial charge on any atom is -0.382 e. The van der Waals surface area contributed by atoms with Gasteiger partial charge in [-0.15, -0.1) is 0 Å². The van der Waals surface area contributed by atoms with E-state index in [4.69, 9.17) is 5.73 Å². The fourth-order valence-corrected chi connectivity index (χ4v) is 2.70. The number of aromatic nitrogens is 4. The molecule has 0 aliphatic carbocycles. The molecule has 0 radical (unpaired) electrons. The van der Waals surface area contributed by atoms with Gasteiger partial charge in [-0.25, -0.2) is 4.98 Å². The number of fused-ring (bicyclic) bond motifs is 1. The van der Waals surface area contributed by atoms with Crippen molar-refractivity contribution in [2.45, 2.75) is 6.92 Å². The maximum absolute atomic E-state index is 5.85. The second-order valence-electron chi connectivity index (χ2n) is 5.43. The van der Waals surface area contributed by atoms with E-state index >= 15 is 0 Å². The fraction of sp³-hybridized carbons (Fsp3) is 0.0556. The highest BCUT2D eigenvalue weighted by molar-refractivity contribution is 5.88. The Morgan fingerprint density at radius 1 is 0.957 bits per heavy atom. The van der Waals surface area contributed by atoms with Crippen LogP contribution in [0.1, 0.15) is 5.69 Å². The number of hydrogen-bond donors (Lipinski definition) is 2. The average Bonchev–Trinajstić information content (AvgIpc) is 2.96. The number of aryl methyl sites for hydroxylation is 1. The van der Waals surface area contributed by atoms with Crippen LogP contribution in [0, 0.1) is 6.92 Å². The molecule has 0 unspecified atom stereocenters. The molecule has 4 rings (SSSR count). The second-order valence-corrected chi connectivity index (χ2v) is 5.43. The molecule has 0 spiro atoms. The quantitative estimate of drug-likeness (QED) is 0.593. The summed E-state index contributed by atoms with van der Waals surface area (Å²) in [4.78, 5) is 9.03. The van der Waals surface area contributed by atoms with Crippen LogP contribution < -0.4 is 5.73 Å². The predicted molar refractivity (Wildman–Crippen MR) is 91.7 cm³/mol. The molecule has 0 aliphatic heterocycles. The number of nitrogen functional groups attached to an aromatic ring is 1. The largest absolute Gasteiger partial charge is 0.382 e. The number of aromatic amines is 1. The number of nitrogens with two attached hydrogens (primary N) is 1. The van der Waals surface area contributed by atoms with Gasteiger partial charge in [0.25, 0.3) is 0 Å². The summed E-state index contributed by atoms with van der Waals surface area (Å²) in [7, 11) is 0. The number of hydrogen-bond acceptors (Lipinski definition) is 4. The van der Waals surface area contributed by atoms with E-state index in [-0.39, 0.29) is 0 Å². The van der Waals surface area contributed by atoms with Gasteiger partial charge in [0.1, 0.15) is 5.82 Å². The van der Waals surface area contributed by atoms with Crippen LogP contribution in [0.15, 0.2) is 54.7 Å². The van der Waals surface area contributed by atoms with Gasteiger partial charge in [0.2, 0.25) is 0 Å². The third kappa shape index (κ3) is 2.32. The molecular weight excluding hydrogens is 286 g/mol. The maximum Gasteiger partial charge on any atom is 0.142 e. The van der Waals surface area contributed by atoms with Gasteiger partial charge in [-0.2, -0.15) is 5.10 Å². The molecule has 2 aromatic carbocycles. The van der Waals surface area contributed by atoms with Gasteiger partial charge in [-0.3, -0.25) is 10.1 Å². The smallest absolute Gasteiger partial charge is 0.142 e. The Hall–Kier alpha value is -3.21. The van der Waals surface area contributed by atoms with Crippen molar-refractivity contribution in [1.82, 2.24) is 20.2 Å². The summed E-state index contributed by atoms with van der Waals surface area (Å²) in [6.45, 7) is 1.98. The summed E-state index contributed by atoms with van der Waals surface area (Å²) in [6.07, 6.45) is 1.59. The zero-order valence-electron chi connectivity index (χ0n) is 12.6. The normalized spacial score (nSPS) is 11.0. The molecule has 3 N–H and O–H groups in total. The van der Waals surface area contributed by atoms with Crippen molar-refractivity contribution in [3.05, 3.63) is 60.4 Å². The minimum absolute atomic E-state index is 0.410. The Morgan fingerprint density at radius 2 is 1.78 bits per heavy atom. The lowest BCUT2D eigenvalue weighted by molar-refractivity contribution is 1.07. The molecule has 2 aromatic heterocycles. The van der Waals surface area contributed by atoms with E-state index in [1.54, 1.807) is 6.20 Å². The van der Waals surface area contributed by atoms with Crippen LogP contribution in [0.25, 0.3) is 33.4 Å². The summed E-state index contributed by atoms with van der Waals surface area (Å²) in [6, 6.07) is 16.1. The van der Waals surface area contributed by atoms with Crippen LogP contribution >= 0.6 is 0 Å². The first-order valence-corrected chi connectivity index (χ1v) is 7.35. The number of rotatable bonds is 2. The number of anilines is 1. The Kier molecular flexibility index (Phi) is 3.05. The molecule has 0 aliphatic rings. The van der Waals surface area contributed by atoms with Gasteiger partial charge >= 0.3 is 0 Å². The summed E-state index contributed by atoms with van der Waals surface area (Å²) < 4.78 is 0. The summed E-state index contributed by atoms with van der Waals surface area (Å²) in [5.74, 6) is 0.410. The van der Waals surface area contributed by atoms with Gasteiger partial charge in [-0.1, -0.05) is 36.4 Å². The average molecular weight is 301 g/mol. The zero-order valence-corrected chi connectivity index (χ0v) is 12.6. The van der Waals surface area contributed by atoms with Crippen LogP contribution in [0.2, 0.25) is 0 Å². The molecule has 112 valence electrons. The molecule has 0 fully saturated rings. The van der Waals surface area contributed by atoms with Gasteiger partial charge in [-0.05, 0) is 19.1 Å². The highest BCUT2D eigenvalue weighted by atomic mass is 15.1. The van der Waals surface area contributed by atoms with E-state index in [9.17, 15) is 0 Å². The Labute approximate surface area is 133 Å². The molecular formula is C18H15N5. The lowest BCUT2D eigenvalue weighted by Gasteiger charge is -2.09. The maximum atomic E-state index is 5.85. The summed E-state index contributed by atoms with van der Waals surface area (Å²) in [5, 5.41) is 8.34. The SMILES string of the molecule is Cc1n[nH]c2ccc(-c3ncc(N)nc3-c3ccccc3)cc12. The summed E-state index contributed by atoms with van der Waals surface area (Å²) >= 11 is 0. The Morgan fingerprint density at radius 3 is 2.61 bits per heavy atom. The molecule has 4 aromatic rings. The third-order valence-corrected chi connectivity index (χ3v) is 3.87. The molecule has 2 heterocycles. The van der Waals surface area contributed by atoms with E-state index < -0.39 is 0 Å². The van der Waals surface area contributed by atoms with Gasteiger partial charge in [0.15, 0.2) is 0 Å². The van der Waals surface area contributed by atoms with Gasteiger partial charge in [0, 0.05) is 16.5 Å². The highest BCUT2D eigenvalue weighted by Gasteiger charge is 2.13. The van der Waals surface area contributed by atoms with Gasteiger partial charge < -0.3 is 5.73 Å². The van der Waals surface area contributed by atoms with E-state index in [2.05, 4.69) is 26.2 Å². The lowest BCUT2D eigenvalue weighted by atomic mass is 10.0. The van der Waals surface area contributed by atoms with Crippen LogP contribution in [-0.2, 0) is 0 Å². The van der Waals surface area contributed by atoms with Gasteiger partial charge in [0.05, 0.1) is 28.8 Å². The van der Waals surface area contributed by atoms with Crippen LogP contribution in [-0.4, -0.2) is 20.2 Å². The van der Waals surface area contributed by atoms with Crippen LogP contribution in [0.3, 0.4) is 0 Å². The number of nitrogens with one attached hydrogen (secondary N) is 1. The van der Waals surface area contributed by atoms with Crippen molar-refractivity contribution in [2.75, 3.05) is 5.73 Å². The molecule has 0 saturated heterocycles. The molecule has 5 heteroatoms. The van der Waals surface area contributed by atoms with E-state index in [1.807, 2.05) is 49.4 Å². The molecule has 0 atom stereocenters. The Balaban J connectivity index is 1.95. The molecule has 23 heavy (non-hydrogen) atoms. The van der Waals surface area contributed by atoms with Crippen LogP contribution in [0.5, 0.6) is 0 Å². The fourth-order valence-electron chi connectivity index (χ4n) is 2.70. The monoisotopic (exact) mass is 301 g/mol. The number of H-pyrrole nitrogens is 1. The van der Waals surface area contributed by atoms with E-state index in [0.717, 1.165) is 39.1 Å². The molecule has 0 bridgehead atoms. The first kappa shape index (κ1) is 13.5. The van der Waals surface area contributed by atoms with E-state index in [1.165, 1.54) is 0 Å². The van der Waals surface area contributed by atoms with Crippen molar-refractivity contribution >= 4 is 16.7 Å². The standard InChI is InChI=1S/C18H15N5/c1-11-14-9-13(7-8-15(14)23-22-11)17-18(21-16(19)10-20-17)12-5-3-2-4-6-12/h2-10H,1H3,(H2,19,21)(H,22,23). The first-order valence-electron chi connectivity index (χ1n) is 7.35. The number of nitrogens with zero attached hydrogens (tertiary/aromatic N) is 3. The summed E-state index contributed by atoms with van der Waals surface area (Å²) in [5.41, 5.74) is 11.4. The van der Waals surface area contributed by atoms with Crippen molar-refractivity contribution in [1.29, 1.82) is 0 Å². The van der Waals surface area contributed by atoms with Crippen LogP contribution in [0.4, 0.5) is 5.82 Å². The number of benzene rings is 2. The van der Waals surface area contributed by atoms with E-state index in [0.29, 0.717) is 5.82 Å². The minimum atomic E-state index is 0.410. The molecule has 0 amide bonds. The van der Waals surface area contributed by atoms with Crippen molar-refractivity contribution in [3.8, 4) is 22.5 Å².